The Kier molecular flexibility index (Phi) is 10.2. The standard InChI is InChI=1S/C15H24N4O6S.ClH/c1-4-18(5-2)26(23,24)12-6-7-14(13(8-12)19(21)22)25-10-15(20)17-11(3)9-16;/h6-8,11H,4-5,9-10,16H2,1-3H3,(H,17,20);1H/t11-;/m0./s1. The Morgan fingerprint density at radius 1 is 1.37 bits per heavy atom. The van der Waals surface area contributed by atoms with Crippen LogP contribution in [0.25, 0.3) is 0 Å². The number of benzene rings is 1. The molecule has 1 amide bonds. The summed E-state index contributed by atoms with van der Waals surface area (Å²) in [5, 5.41) is 13.8. The van der Waals surface area contributed by atoms with Crippen molar-refractivity contribution in [2.75, 3.05) is 26.2 Å². The van der Waals surface area contributed by atoms with Crippen molar-refractivity contribution in [2.24, 2.45) is 5.73 Å². The Balaban J connectivity index is 0.00000676. The quantitative estimate of drug-likeness (QED) is 0.419. The lowest BCUT2D eigenvalue weighted by Gasteiger charge is -2.18. The van der Waals surface area contributed by atoms with Gasteiger partial charge in [-0.3, -0.25) is 14.9 Å². The second-order valence-corrected chi connectivity index (χ2v) is 7.41. The molecule has 0 aliphatic rings. The fourth-order valence-corrected chi connectivity index (χ4v) is 3.63. The molecule has 1 aromatic carbocycles. The molecule has 0 heterocycles. The molecule has 0 aromatic heterocycles. The van der Waals surface area contributed by atoms with Gasteiger partial charge in [-0.1, -0.05) is 13.8 Å². The third-order valence-corrected chi connectivity index (χ3v) is 5.64. The lowest BCUT2D eigenvalue weighted by atomic mass is 10.3. The molecule has 0 radical (unpaired) electrons. The first-order chi connectivity index (χ1) is 12.2. The second-order valence-electron chi connectivity index (χ2n) is 5.47. The van der Waals surface area contributed by atoms with Crippen LogP contribution in [0.5, 0.6) is 5.75 Å². The van der Waals surface area contributed by atoms with Crippen molar-refractivity contribution < 1.29 is 22.9 Å². The number of amides is 1. The van der Waals surface area contributed by atoms with E-state index in [0.29, 0.717) is 0 Å². The van der Waals surface area contributed by atoms with Gasteiger partial charge < -0.3 is 15.8 Å². The highest BCUT2D eigenvalue weighted by Gasteiger charge is 2.26. The third kappa shape index (κ3) is 6.61. The zero-order valence-corrected chi connectivity index (χ0v) is 17.0. The smallest absolute Gasteiger partial charge is 0.312 e. The zero-order chi connectivity index (χ0) is 19.9. The van der Waals surface area contributed by atoms with Crippen LogP contribution in [0.15, 0.2) is 23.1 Å². The van der Waals surface area contributed by atoms with E-state index < -0.39 is 33.1 Å². The van der Waals surface area contributed by atoms with E-state index in [1.165, 1.54) is 16.4 Å². The number of nitrogens with two attached hydrogens (primary N) is 1. The number of nitro groups is 1. The molecule has 1 atom stereocenters. The topological polar surface area (TPSA) is 145 Å². The fourth-order valence-electron chi connectivity index (χ4n) is 2.15. The molecule has 0 saturated carbocycles. The van der Waals surface area contributed by atoms with Crippen LogP contribution < -0.4 is 15.8 Å². The van der Waals surface area contributed by atoms with Crippen molar-refractivity contribution in [2.45, 2.75) is 31.7 Å². The summed E-state index contributed by atoms with van der Waals surface area (Å²) >= 11 is 0. The molecule has 154 valence electrons. The summed E-state index contributed by atoms with van der Waals surface area (Å²) in [5.41, 5.74) is 4.86. The first-order valence-electron chi connectivity index (χ1n) is 8.08. The van der Waals surface area contributed by atoms with E-state index in [4.69, 9.17) is 10.5 Å². The largest absolute Gasteiger partial charge is 0.477 e. The average molecular weight is 425 g/mol. The monoisotopic (exact) mass is 424 g/mol. The van der Waals surface area contributed by atoms with Crippen molar-refractivity contribution in [1.82, 2.24) is 9.62 Å². The van der Waals surface area contributed by atoms with Crippen molar-refractivity contribution >= 4 is 34.0 Å². The van der Waals surface area contributed by atoms with Gasteiger partial charge in [-0.05, 0) is 19.1 Å². The van der Waals surface area contributed by atoms with E-state index in [2.05, 4.69) is 5.32 Å². The molecule has 0 aliphatic heterocycles. The lowest BCUT2D eigenvalue weighted by Crippen LogP contribution is -2.40. The van der Waals surface area contributed by atoms with Crippen molar-refractivity contribution in [3.63, 3.8) is 0 Å². The molecular formula is C15H25ClN4O6S. The van der Waals surface area contributed by atoms with Gasteiger partial charge >= 0.3 is 5.69 Å². The van der Waals surface area contributed by atoms with E-state index in [1.807, 2.05) is 0 Å². The molecule has 10 nitrogen and oxygen atoms in total. The Morgan fingerprint density at radius 2 is 1.96 bits per heavy atom. The van der Waals surface area contributed by atoms with Gasteiger partial charge in [0.05, 0.1) is 9.82 Å². The van der Waals surface area contributed by atoms with Gasteiger partial charge in [-0.25, -0.2) is 8.42 Å². The fraction of sp³-hybridized carbons (Fsp3) is 0.533. The first kappa shape index (κ1) is 25.1. The van der Waals surface area contributed by atoms with Gasteiger partial charge in [0.25, 0.3) is 5.91 Å². The number of nitrogens with zero attached hydrogens (tertiary/aromatic N) is 2. The van der Waals surface area contributed by atoms with Crippen molar-refractivity contribution in [1.29, 1.82) is 0 Å². The summed E-state index contributed by atoms with van der Waals surface area (Å²) in [4.78, 5) is 22.0. The van der Waals surface area contributed by atoms with E-state index in [1.54, 1.807) is 20.8 Å². The maximum absolute atomic E-state index is 12.5. The van der Waals surface area contributed by atoms with Gasteiger partial charge in [0.2, 0.25) is 10.0 Å². The number of hydrogen-bond donors (Lipinski definition) is 2. The highest BCUT2D eigenvalue weighted by molar-refractivity contribution is 7.89. The minimum absolute atomic E-state index is 0. The Morgan fingerprint density at radius 3 is 2.44 bits per heavy atom. The predicted octanol–water partition coefficient (Wildman–Crippen LogP) is 0.889. The molecule has 0 aliphatic carbocycles. The average Bonchev–Trinajstić information content (AvgIpc) is 2.60. The van der Waals surface area contributed by atoms with Crippen LogP contribution in [-0.4, -0.2) is 55.8 Å². The number of rotatable bonds is 10. The van der Waals surface area contributed by atoms with Gasteiger partial charge in [0.15, 0.2) is 12.4 Å². The Hall–Kier alpha value is -1.95. The number of carbonyl (C=O) groups excluding carboxylic acids is 1. The summed E-state index contributed by atoms with van der Waals surface area (Å²) in [6.45, 7) is 5.32. The van der Waals surface area contributed by atoms with Gasteiger partial charge in [-0.15, -0.1) is 12.4 Å². The highest BCUT2D eigenvalue weighted by atomic mass is 35.5. The number of hydrogen-bond acceptors (Lipinski definition) is 7. The van der Waals surface area contributed by atoms with E-state index in [9.17, 15) is 23.3 Å². The van der Waals surface area contributed by atoms with Crippen LogP contribution in [-0.2, 0) is 14.8 Å². The van der Waals surface area contributed by atoms with Crippen molar-refractivity contribution in [3.8, 4) is 5.75 Å². The maximum Gasteiger partial charge on any atom is 0.312 e. The summed E-state index contributed by atoms with van der Waals surface area (Å²) in [5.74, 6) is -0.680. The highest BCUT2D eigenvalue weighted by Crippen LogP contribution is 2.30. The van der Waals surface area contributed by atoms with Crippen LogP contribution in [0.1, 0.15) is 20.8 Å². The maximum atomic E-state index is 12.5. The molecule has 27 heavy (non-hydrogen) atoms. The number of nitrogens with one attached hydrogen (secondary N) is 1. The zero-order valence-electron chi connectivity index (χ0n) is 15.4. The second kappa shape index (κ2) is 11.0. The normalized spacial score (nSPS) is 12.2. The molecule has 1 rings (SSSR count). The minimum atomic E-state index is -3.84. The molecular weight excluding hydrogens is 400 g/mol. The molecule has 0 fully saturated rings. The van der Waals surface area contributed by atoms with Gasteiger partial charge in [0.1, 0.15) is 0 Å². The van der Waals surface area contributed by atoms with E-state index in [0.717, 1.165) is 6.07 Å². The lowest BCUT2D eigenvalue weighted by molar-refractivity contribution is -0.386. The van der Waals surface area contributed by atoms with Gasteiger partial charge in [0, 0.05) is 31.7 Å². The Bertz CT molecular complexity index is 755. The van der Waals surface area contributed by atoms with Crippen LogP contribution in [0.2, 0.25) is 0 Å². The minimum Gasteiger partial charge on any atom is -0.477 e. The molecule has 12 heteroatoms. The number of carbonyl (C=O) groups is 1. The Labute approximate surface area is 164 Å². The molecule has 0 spiro atoms. The summed E-state index contributed by atoms with van der Waals surface area (Å²) in [6, 6.07) is 3.07. The van der Waals surface area contributed by atoms with Gasteiger partial charge in [-0.2, -0.15) is 4.31 Å². The number of nitro benzene ring substituents is 1. The van der Waals surface area contributed by atoms with E-state index >= 15 is 0 Å². The predicted molar refractivity (Wildman–Crippen MR) is 103 cm³/mol. The van der Waals surface area contributed by atoms with Crippen LogP contribution in [0.3, 0.4) is 0 Å². The molecule has 0 saturated heterocycles. The van der Waals surface area contributed by atoms with Crippen molar-refractivity contribution in [3.05, 3.63) is 28.3 Å². The van der Waals surface area contributed by atoms with Crippen LogP contribution in [0, 0.1) is 10.1 Å². The third-order valence-electron chi connectivity index (χ3n) is 3.59. The molecule has 1 aromatic rings. The molecule has 3 N–H and O–H groups in total. The number of ether oxygens (including phenoxy) is 1. The van der Waals surface area contributed by atoms with E-state index in [-0.39, 0.29) is 48.7 Å². The summed E-state index contributed by atoms with van der Waals surface area (Å²) in [7, 11) is -3.84. The number of halogens is 1. The summed E-state index contributed by atoms with van der Waals surface area (Å²) in [6.07, 6.45) is 0. The van der Waals surface area contributed by atoms with Crippen LogP contribution in [0.4, 0.5) is 5.69 Å². The van der Waals surface area contributed by atoms with Crippen LogP contribution >= 0.6 is 12.4 Å². The SMILES string of the molecule is CCN(CC)S(=O)(=O)c1ccc(OCC(=O)N[C@@H](C)CN)c([N+](=O)[O-])c1.Cl. The number of sulfonamides is 1. The molecule has 0 unspecified atom stereocenters. The summed E-state index contributed by atoms with van der Waals surface area (Å²) < 4.78 is 31.3. The first-order valence-corrected chi connectivity index (χ1v) is 9.52. The molecule has 0 bridgehead atoms.